The molecule has 0 aliphatic heterocycles. The molecular formula is C30H46N4O6P2+2. The Labute approximate surface area is 249 Å². The summed E-state index contributed by atoms with van der Waals surface area (Å²) in [6, 6.07) is 10.3. The lowest BCUT2D eigenvalue weighted by atomic mass is 10.1. The maximum Gasteiger partial charge on any atom is 0.325 e. The Morgan fingerprint density at radius 3 is 1.21 bits per heavy atom. The molecule has 3 aromatic heterocycles. The van der Waals surface area contributed by atoms with Gasteiger partial charge in [-0.15, -0.1) is 0 Å². The topological polar surface area (TPSA) is 149 Å². The smallest absolute Gasteiger partial charge is 0.324 e. The Hall–Kier alpha value is -2.32. The van der Waals surface area contributed by atoms with E-state index in [4.69, 9.17) is 19.6 Å². The molecule has 4 N–H and O–H groups in total. The summed E-state index contributed by atoms with van der Waals surface area (Å²) in [6.07, 6.45) is 21.3. The first-order valence-corrected chi connectivity index (χ1v) is 18.6. The van der Waals surface area contributed by atoms with E-state index in [9.17, 15) is 9.13 Å². The van der Waals surface area contributed by atoms with E-state index in [1.54, 1.807) is 6.33 Å². The second-order valence-electron chi connectivity index (χ2n) is 11.0. The molecule has 0 unspecified atom stereocenters. The lowest BCUT2D eigenvalue weighted by molar-refractivity contribution is -0.697. The van der Waals surface area contributed by atoms with Gasteiger partial charge < -0.3 is 19.6 Å². The van der Waals surface area contributed by atoms with E-state index in [0.717, 1.165) is 99.8 Å². The number of pyridine rings is 2. The van der Waals surface area contributed by atoms with Crippen molar-refractivity contribution in [2.45, 2.75) is 90.1 Å². The Morgan fingerprint density at radius 1 is 0.524 bits per heavy atom. The fourth-order valence-corrected chi connectivity index (χ4v) is 6.14. The largest absolute Gasteiger partial charge is 0.325 e. The van der Waals surface area contributed by atoms with E-state index < -0.39 is 15.2 Å². The van der Waals surface area contributed by atoms with Crippen LogP contribution in [0.5, 0.6) is 0 Å². The molecule has 3 rings (SSSR count). The van der Waals surface area contributed by atoms with Crippen LogP contribution in [0.4, 0.5) is 0 Å². The molecule has 0 fully saturated rings. The average Bonchev–Trinajstić information content (AvgIpc) is 2.95. The molecule has 3 heterocycles. The molecule has 0 aliphatic rings. The number of hydrogen-bond acceptors (Lipinski definition) is 4. The fraction of sp³-hybridized carbons (Fsp3) is 0.533. The highest BCUT2D eigenvalue weighted by molar-refractivity contribution is 7.52. The van der Waals surface area contributed by atoms with Gasteiger partial charge in [0.25, 0.3) is 0 Å². The van der Waals surface area contributed by atoms with Crippen molar-refractivity contribution in [2.24, 2.45) is 0 Å². The Morgan fingerprint density at radius 2 is 0.857 bits per heavy atom. The summed E-state index contributed by atoms with van der Waals surface area (Å²) in [7, 11) is -7.70. The third-order valence-corrected chi connectivity index (χ3v) is 9.07. The molecule has 0 aliphatic carbocycles. The minimum Gasteiger partial charge on any atom is -0.324 e. The highest BCUT2D eigenvalue weighted by Gasteiger charge is 2.12. The van der Waals surface area contributed by atoms with Crippen LogP contribution in [-0.4, -0.2) is 41.9 Å². The van der Waals surface area contributed by atoms with Gasteiger partial charge in [-0.3, -0.25) is 9.13 Å². The molecule has 10 nitrogen and oxygen atoms in total. The molecule has 0 spiro atoms. The van der Waals surface area contributed by atoms with Crippen molar-refractivity contribution in [3.05, 3.63) is 61.4 Å². The summed E-state index contributed by atoms with van der Waals surface area (Å²) in [5, 5.41) is 0. The summed E-state index contributed by atoms with van der Waals surface area (Å²) in [4.78, 5) is 44.6. The van der Waals surface area contributed by atoms with Crippen LogP contribution in [0.1, 0.15) is 77.0 Å². The molecule has 12 heteroatoms. The number of unbranched alkanes of at least 4 members (excludes halogenated alkanes) is 10. The molecule has 0 saturated heterocycles. The first-order valence-electron chi connectivity index (χ1n) is 15.0. The van der Waals surface area contributed by atoms with Crippen LogP contribution in [-0.2, 0) is 22.2 Å². The monoisotopic (exact) mass is 620 g/mol. The Kier molecular flexibility index (Phi) is 14.4. The molecule has 0 aromatic carbocycles. The van der Waals surface area contributed by atoms with Gasteiger partial charge in [0.2, 0.25) is 0 Å². The van der Waals surface area contributed by atoms with Crippen molar-refractivity contribution in [1.82, 2.24) is 9.97 Å². The summed E-state index contributed by atoms with van der Waals surface area (Å²) in [5.41, 5.74) is 3.82. The first-order chi connectivity index (χ1) is 20.1. The minimum absolute atomic E-state index is 0.00805. The predicted octanol–water partition coefficient (Wildman–Crippen LogP) is 5.42. The molecule has 0 atom stereocenters. The van der Waals surface area contributed by atoms with Crippen molar-refractivity contribution in [3.63, 3.8) is 0 Å². The highest BCUT2D eigenvalue weighted by Crippen LogP contribution is 2.36. The van der Waals surface area contributed by atoms with Crippen molar-refractivity contribution in [1.29, 1.82) is 0 Å². The van der Waals surface area contributed by atoms with Crippen LogP contribution in [0.3, 0.4) is 0 Å². The maximum absolute atomic E-state index is 10.9. The molecule has 3 aromatic rings. The van der Waals surface area contributed by atoms with Crippen molar-refractivity contribution >= 4 is 15.2 Å². The molecule has 0 radical (unpaired) electrons. The van der Waals surface area contributed by atoms with Crippen molar-refractivity contribution < 1.29 is 37.8 Å². The minimum atomic E-state index is -3.85. The highest BCUT2D eigenvalue weighted by atomic mass is 31.2. The van der Waals surface area contributed by atoms with Crippen LogP contribution in [0.15, 0.2) is 61.4 Å². The van der Waals surface area contributed by atoms with Crippen LogP contribution in [0, 0.1) is 0 Å². The van der Waals surface area contributed by atoms with E-state index in [1.807, 2.05) is 6.07 Å². The van der Waals surface area contributed by atoms with Gasteiger partial charge in [0.1, 0.15) is 19.4 Å². The molecule has 42 heavy (non-hydrogen) atoms. The quantitative estimate of drug-likeness (QED) is 0.0743. The lowest BCUT2D eigenvalue weighted by Gasteiger charge is -2.05. The molecule has 0 amide bonds. The van der Waals surface area contributed by atoms with Crippen LogP contribution in [0.2, 0.25) is 0 Å². The molecular weight excluding hydrogens is 574 g/mol. The van der Waals surface area contributed by atoms with Gasteiger partial charge in [-0.2, -0.15) is 0 Å². The normalized spacial score (nSPS) is 12.1. The van der Waals surface area contributed by atoms with Gasteiger partial charge in [-0.05, 0) is 31.7 Å². The standard InChI is InChI=1S/C30H44N4O6P2/c35-41(36,37)23-11-7-3-1-5-9-17-33-19-13-27(14-20-33)29-25-30(32-26-31-29)28-15-21-34(22-16-28)18-10-6-2-4-8-12-24-42(38,39)40/h13-16,19-22,25-26H,1-12,17-18,23-24H2,(H2-2,35,36,37,38,39,40)/p+2. The van der Waals surface area contributed by atoms with E-state index in [0.29, 0.717) is 12.8 Å². The zero-order valence-electron chi connectivity index (χ0n) is 24.4. The zero-order chi connectivity index (χ0) is 30.3. The van der Waals surface area contributed by atoms with E-state index in [1.165, 1.54) is 0 Å². The summed E-state index contributed by atoms with van der Waals surface area (Å²) in [5.74, 6) is 0. The van der Waals surface area contributed by atoms with Gasteiger partial charge in [0, 0.05) is 60.6 Å². The number of aromatic nitrogens is 4. The van der Waals surface area contributed by atoms with Crippen LogP contribution in [0.25, 0.3) is 22.5 Å². The van der Waals surface area contributed by atoms with Crippen molar-refractivity contribution in [2.75, 3.05) is 12.3 Å². The van der Waals surface area contributed by atoms with Gasteiger partial charge in [-0.1, -0.05) is 38.5 Å². The average molecular weight is 621 g/mol. The zero-order valence-corrected chi connectivity index (χ0v) is 26.2. The van der Waals surface area contributed by atoms with E-state index >= 15 is 0 Å². The van der Waals surface area contributed by atoms with E-state index in [2.05, 4.69) is 68.2 Å². The molecule has 0 bridgehead atoms. The summed E-state index contributed by atoms with van der Waals surface area (Å²) < 4.78 is 26.1. The van der Waals surface area contributed by atoms with Gasteiger partial charge in [0.05, 0.1) is 11.4 Å². The number of hydrogen-bond donors (Lipinski definition) is 4. The van der Waals surface area contributed by atoms with Gasteiger partial charge in [-0.25, -0.2) is 19.1 Å². The third kappa shape index (κ3) is 14.2. The first kappa shape index (κ1) is 34.2. The summed E-state index contributed by atoms with van der Waals surface area (Å²) >= 11 is 0. The number of rotatable bonds is 20. The van der Waals surface area contributed by atoms with Gasteiger partial charge in [0.15, 0.2) is 24.8 Å². The second-order valence-corrected chi connectivity index (χ2v) is 14.5. The maximum atomic E-state index is 10.9. The second kappa shape index (κ2) is 17.7. The predicted molar refractivity (Wildman–Crippen MR) is 163 cm³/mol. The van der Waals surface area contributed by atoms with E-state index in [-0.39, 0.29) is 12.3 Å². The van der Waals surface area contributed by atoms with Crippen molar-refractivity contribution in [3.8, 4) is 22.5 Å². The van der Waals surface area contributed by atoms with Crippen LogP contribution >= 0.6 is 15.2 Å². The Balaban J connectivity index is 1.38. The number of aryl methyl sites for hydroxylation is 2. The number of nitrogens with zero attached hydrogens (tertiary/aromatic N) is 4. The Bertz CT molecular complexity index is 1200. The van der Waals surface area contributed by atoms with Crippen LogP contribution < -0.4 is 9.13 Å². The van der Waals surface area contributed by atoms with Gasteiger partial charge >= 0.3 is 15.2 Å². The fourth-order valence-electron chi connectivity index (χ4n) is 4.87. The molecule has 0 saturated carbocycles. The SMILES string of the molecule is O=P(O)(O)CCCCCCCC[n+]1ccc(-c2cc(-c3cc[n+](CCCCCCCCP(=O)(O)O)cc3)ncn2)cc1. The lowest BCUT2D eigenvalue weighted by Crippen LogP contribution is -2.32. The summed E-state index contributed by atoms with van der Waals surface area (Å²) in [6.45, 7) is 1.86. The molecule has 230 valence electrons. The third-order valence-electron chi connectivity index (χ3n) is 7.27.